The number of carbonyl (C=O) groups excluding carboxylic acids is 1. The minimum Gasteiger partial charge on any atom is -0.320 e. The molecule has 3 heterocycles. The summed E-state index contributed by atoms with van der Waals surface area (Å²) in [5.41, 5.74) is 4.78. The summed E-state index contributed by atoms with van der Waals surface area (Å²) < 4.78 is 4.73. The van der Waals surface area contributed by atoms with Crippen molar-refractivity contribution >= 4 is 27.6 Å². The lowest BCUT2D eigenvalue weighted by atomic mass is 10.1. The lowest BCUT2D eigenvalue weighted by molar-refractivity contribution is 0.205. The predicted octanol–water partition coefficient (Wildman–Crippen LogP) is 3.86. The minimum absolute atomic E-state index is 0.0953. The smallest absolute Gasteiger partial charge is 0.320 e. The SMILES string of the molecule is O=C(Nc1ccccc1)N1CCc2c(cnn2Cc2cn(-c3ccc(Br)cc3)nn2)C1. The number of anilines is 1. The van der Waals surface area contributed by atoms with Crippen molar-refractivity contribution < 1.29 is 4.79 Å². The fourth-order valence-electron chi connectivity index (χ4n) is 3.67. The van der Waals surface area contributed by atoms with Crippen molar-refractivity contribution in [1.82, 2.24) is 29.7 Å². The molecule has 4 aromatic rings. The molecule has 1 N–H and O–H groups in total. The van der Waals surface area contributed by atoms with Crippen molar-refractivity contribution in [2.75, 3.05) is 11.9 Å². The van der Waals surface area contributed by atoms with Gasteiger partial charge in [-0.3, -0.25) is 4.68 Å². The largest absolute Gasteiger partial charge is 0.322 e. The maximum atomic E-state index is 12.6. The van der Waals surface area contributed by atoms with Crippen molar-refractivity contribution in [2.24, 2.45) is 0 Å². The molecule has 2 aromatic carbocycles. The molecule has 1 aliphatic rings. The molecule has 0 atom stereocenters. The molecule has 5 rings (SSSR count). The molecule has 0 unspecified atom stereocenters. The summed E-state index contributed by atoms with van der Waals surface area (Å²) in [6.07, 6.45) is 4.51. The van der Waals surface area contributed by atoms with Gasteiger partial charge < -0.3 is 10.2 Å². The summed E-state index contributed by atoms with van der Waals surface area (Å²) in [4.78, 5) is 14.4. The van der Waals surface area contributed by atoms with E-state index in [0.29, 0.717) is 19.6 Å². The number of para-hydroxylation sites is 1. The topological polar surface area (TPSA) is 80.9 Å². The van der Waals surface area contributed by atoms with Crippen LogP contribution in [-0.4, -0.2) is 42.3 Å². The lowest BCUT2D eigenvalue weighted by Gasteiger charge is -2.27. The highest BCUT2D eigenvalue weighted by Crippen LogP contribution is 2.21. The highest BCUT2D eigenvalue weighted by atomic mass is 79.9. The van der Waals surface area contributed by atoms with Crippen molar-refractivity contribution in [3.8, 4) is 5.69 Å². The molecule has 0 saturated heterocycles. The van der Waals surface area contributed by atoms with E-state index in [1.807, 2.05) is 76.6 Å². The van der Waals surface area contributed by atoms with Crippen molar-refractivity contribution in [2.45, 2.75) is 19.5 Å². The zero-order chi connectivity index (χ0) is 21.2. The first-order chi connectivity index (χ1) is 15.2. The second kappa shape index (κ2) is 8.35. The van der Waals surface area contributed by atoms with E-state index < -0.39 is 0 Å². The number of hydrogen-bond donors (Lipinski definition) is 1. The molecule has 0 spiro atoms. The number of halogens is 1. The number of rotatable bonds is 4. The van der Waals surface area contributed by atoms with Crippen LogP contribution in [0.15, 0.2) is 71.5 Å². The second-order valence-electron chi connectivity index (χ2n) is 7.37. The molecule has 0 aliphatic carbocycles. The molecule has 31 heavy (non-hydrogen) atoms. The summed E-state index contributed by atoms with van der Waals surface area (Å²) >= 11 is 3.44. The highest BCUT2D eigenvalue weighted by Gasteiger charge is 2.24. The number of nitrogens with zero attached hydrogens (tertiary/aromatic N) is 6. The van der Waals surface area contributed by atoms with E-state index in [9.17, 15) is 4.79 Å². The molecule has 0 bridgehead atoms. The van der Waals surface area contributed by atoms with Crippen LogP contribution in [0.5, 0.6) is 0 Å². The number of hydrogen-bond acceptors (Lipinski definition) is 4. The molecular weight excluding hydrogens is 458 g/mol. The number of amides is 2. The number of carbonyl (C=O) groups is 1. The Hall–Kier alpha value is -3.46. The third-order valence-corrected chi connectivity index (χ3v) is 5.80. The Labute approximate surface area is 187 Å². The lowest BCUT2D eigenvalue weighted by Crippen LogP contribution is -2.39. The van der Waals surface area contributed by atoms with E-state index in [2.05, 4.69) is 36.7 Å². The second-order valence-corrected chi connectivity index (χ2v) is 8.29. The van der Waals surface area contributed by atoms with Crippen molar-refractivity contribution in [3.05, 3.63) is 88.4 Å². The Bertz CT molecular complexity index is 1200. The van der Waals surface area contributed by atoms with Gasteiger partial charge in [0.2, 0.25) is 0 Å². The first-order valence-corrected chi connectivity index (χ1v) is 10.8. The maximum absolute atomic E-state index is 12.6. The van der Waals surface area contributed by atoms with Crippen LogP contribution >= 0.6 is 15.9 Å². The van der Waals surface area contributed by atoms with Crippen molar-refractivity contribution in [1.29, 1.82) is 0 Å². The Kier molecular flexibility index (Phi) is 5.25. The maximum Gasteiger partial charge on any atom is 0.322 e. The Morgan fingerprint density at radius 3 is 2.71 bits per heavy atom. The number of fused-ring (bicyclic) bond motifs is 1. The van der Waals surface area contributed by atoms with Gasteiger partial charge in [-0.05, 0) is 36.4 Å². The van der Waals surface area contributed by atoms with Crippen LogP contribution in [0.2, 0.25) is 0 Å². The van der Waals surface area contributed by atoms with E-state index >= 15 is 0 Å². The van der Waals surface area contributed by atoms with E-state index in [0.717, 1.165) is 39.2 Å². The summed E-state index contributed by atoms with van der Waals surface area (Å²) in [5.74, 6) is 0. The van der Waals surface area contributed by atoms with Crippen LogP contribution in [0, 0.1) is 0 Å². The molecule has 0 saturated carbocycles. The summed E-state index contributed by atoms with van der Waals surface area (Å²) in [6.45, 7) is 1.73. The normalized spacial score (nSPS) is 13.1. The van der Waals surface area contributed by atoms with Gasteiger partial charge in [-0.15, -0.1) is 5.10 Å². The fraction of sp³-hybridized carbons (Fsp3) is 0.182. The van der Waals surface area contributed by atoms with Gasteiger partial charge in [-0.25, -0.2) is 9.48 Å². The van der Waals surface area contributed by atoms with E-state index in [4.69, 9.17) is 0 Å². The van der Waals surface area contributed by atoms with Gasteiger partial charge in [0.1, 0.15) is 5.69 Å². The van der Waals surface area contributed by atoms with Gasteiger partial charge in [-0.2, -0.15) is 5.10 Å². The van der Waals surface area contributed by atoms with Gasteiger partial charge in [0.15, 0.2) is 0 Å². The third kappa shape index (κ3) is 4.22. The van der Waals surface area contributed by atoms with Gasteiger partial charge in [0.05, 0.1) is 31.2 Å². The number of nitrogens with one attached hydrogen (secondary N) is 1. The predicted molar refractivity (Wildman–Crippen MR) is 120 cm³/mol. The molecule has 8 nitrogen and oxygen atoms in total. The van der Waals surface area contributed by atoms with Gasteiger partial charge >= 0.3 is 6.03 Å². The fourth-order valence-corrected chi connectivity index (χ4v) is 3.94. The summed E-state index contributed by atoms with van der Waals surface area (Å²) in [5, 5.41) is 16.0. The zero-order valence-electron chi connectivity index (χ0n) is 16.6. The highest BCUT2D eigenvalue weighted by molar-refractivity contribution is 9.10. The first kappa shape index (κ1) is 19.5. The summed E-state index contributed by atoms with van der Waals surface area (Å²) in [6, 6.07) is 17.3. The Morgan fingerprint density at radius 1 is 1.10 bits per heavy atom. The molecule has 9 heteroatoms. The first-order valence-electron chi connectivity index (χ1n) is 9.97. The van der Waals surface area contributed by atoms with Crippen LogP contribution < -0.4 is 5.32 Å². The molecule has 0 radical (unpaired) electrons. The van der Waals surface area contributed by atoms with Crippen LogP contribution in [0.25, 0.3) is 5.69 Å². The molecule has 0 fully saturated rings. The molecule has 1 aliphatic heterocycles. The van der Waals surface area contributed by atoms with E-state index in [-0.39, 0.29) is 6.03 Å². The molecular formula is C22H20BrN7O. The van der Waals surface area contributed by atoms with Crippen LogP contribution in [0.3, 0.4) is 0 Å². The van der Waals surface area contributed by atoms with Crippen LogP contribution in [0.1, 0.15) is 17.0 Å². The summed E-state index contributed by atoms with van der Waals surface area (Å²) in [7, 11) is 0. The Balaban J connectivity index is 1.26. The standard InChI is InChI=1S/C22H20BrN7O/c23-17-6-8-20(9-7-17)29-14-19(26-27-29)15-30-21-10-11-28(13-16(21)12-24-30)22(31)25-18-4-2-1-3-5-18/h1-9,12,14H,10-11,13,15H2,(H,25,31). The van der Waals surface area contributed by atoms with Crippen LogP contribution in [-0.2, 0) is 19.5 Å². The molecule has 2 amide bonds. The average Bonchev–Trinajstić information content (AvgIpc) is 3.42. The van der Waals surface area contributed by atoms with E-state index in [1.54, 1.807) is 4.68 Å². The van der Waals surface area contributed by atoms with Crippen molar-refractivity contribution in [3.63, 3.8) is 0 Å². The van der Waals surface area contributed by atoms with Crippen LogP contribution in [0.4, 0.5) is 10.5 Å². The number of urea groups is 1. The minimum atomic E-state index is -0.0953. The monoisotopic (exact) mass is 477 g/mol. The quantitative estimate of drug-likeness (QED) is 0.483. The zero-order valence-corrected chi connectivity index (χ0v) is 18.2. The van der Waals surface area contributed by atoms with Gasteiger partial charge in [0, 0.05) is 34.4 Å². The molecule has 156 valence electrons. The van der Waals surface area contributed by atoms with Gasteiger partial charge in [-0.1, -0.05) is 39.3 Å². The number of benzene rings is 2. The van der Waals surface area contributed by atoms with Gasteiger partial charge in [0.25, 0.3) is 0 Å². The average molecular weight is 478 g/mol. The number of aromatic nitrogens is 5. The van der Waals surface area contributed by atoms with E-state index in [1.165, 1.54) is 0 Å². The molecule has 2 aromatic heterocycles. The Morgan fingerprint density at radius 2 is 1.90 bits per heavy atom. The third-order valence-electron chi connectivity index (χ3n) is 5.27.